The van der Waals surface area contributed by atoms with Gasteiger partial charge in [-0.2, -0.15) is 0 Å². The van der Waals surface area contributed by atoms with E-state index in [0.717, 1.165) is 28.8 Å². The molecular formula is C38H49N3O4S. The number of aryl methyl sites for hydroxylation is 2. The van der Waals surface area contributed by atoms with Crippen LogP contribution in [0.3, 0.4) is 0 Å². The van der Waals surface area contributed by atoms with Crippen LogP contribution in [0.1, 0.15) is 50.3 Å². The Morgan fingerprint density at radius 1 is 1.09 bits per heavy atom. The highest BCUT2D eigenvalue weighted by Gasteiger charge is 2.77. The maximum atomic E-state index is 15.2. The van der Waals surface area contributed by atoms with E-state index >= 15 is 4.79 Å². The summed E-state index contributed by atoms with van der Waals surface area (Å²) in [6, 6.07) is 14.5. The largest absolute Gasteiger partial charge is 0.394 e. The quantitative estimate of drug-likeness (QED) is 0.280. The van der Waals surface area contributed by atoms with E-state index < -0.39 is 28.7 Å². The van der Waals surface area contributed by atoms with Crippen LogP contribution in [0.4, 0.5) is 5.69 Å². The Hall–Kier alpha value is -3.36. The van der Waals surface area contributed by atoms with Gasteiger partial charge in [0.2, 0.25) is 11.8 Å². The first-order valence-corrected chi connectivity index (χ1v) is 17.4. The van der Waals surface area contributed by atoms with Crippen molar-refractivity contribution in [3.8, 4) is 0 Å². The lowest BCUT2D eigenvalue weighted by atomic mass is 9.65. The summed E-state index contributed by atoms with van der Waals surface area (Å²) >= 11 is 1.67. The molecule has 0 saturated carbocycles. The van der Waals surface area contributed by atoms with Crippen molar-refractivity contribution >= 4 is 35.2 Å². The number of hydrogen-bond donors (Lipinski definition) is 1. The number of fused-ring (bicyclic) bond motifs is 1. The molecule has 46 heavy (non-hydrogen) atoms. The van der Waals surface area contributed by atoms with Gasteiger partial charge < -0.3 is 19.8 Å². The maximum Gasteiger partial charge on any atom is 0.251 e. The highest BCUT2D eigenvalue weighted by molar-refractivity contribution is 8.02. The SMILES string of the molecule is C=CCN(Cc1ccccc1)C(=O)[C@@H]1[C@@H]2CC(C)C3(S2)C(C(=O)N(CC=C)c2cc(C)ccc2C)N([C@@H](CO)CC(C)C)C(=O)[C@H]13. The third-order valence-electron chi connectivity index (χ3n) is 10.2. The molecule has 1 N–H and O–H groups in total. The Morgan fingerprint density at radius 3 is 2.41 bits per heavy atom. The predicted molar refractivity (Wildman–Crippen MR) is 186 cm³/mol. The van der Waals surface area contributed by atoms with Crippen molar-refractivity contribution in [3.05, 3.63) is 90.5 Å². The van der Waals surface area contributed by atoms with Gasteiger partial charge in [-0.05, 0) is 61.3 Å². The second-order valence-corrected chi connectivity index (χ2v) is 15.3. The molecular weight excluding hydrogens is 595 g/mol. The van der Waals surface area contributed by atoms with E-state index in [9.17, 15) is 14.7 Å². The van der Waals surface area contributed by atoms with Crippen LogP contribution in [0.5, 0.6) is 0 Å². The lowest BCUT2D eigenvalue weighted by Crippen LogP contribution is -2.59. The van der Waals surface area contributed by atoms with E-state index in [-0.39, 0.29) is 48.0 Å². The number of amides is 3. The van der Waals surface area contributed by atoms with Crippen molar-refractivity contribution in [2.24, 2.45) is 23.7 Å². The summed E-state index contributed by atoms with van der Waals surface area (Å²) in [7, 11) is 0. The number of carbonyl (C=O) groups excluding carboxylic acids is 3. The minimum Gasteiger partial charge on any atom is -0.394 e. The van der Waals surface area contributed by atoms with Crippen molar-refractivity contribution < 1.29 is 19.5 Å². The van der Waals surface area contributed by atoms with Crippen molar-refractivity contribution in [1.29, 1.82) is 0 Å². The van der Waals surface area contributed by atoms with Crippen molar-refractivity contribution in [1.82, 2.24) is 9.80 Å². The van der Waals surface area contributed by atoms with E-state index in [1.165, 1.54) is 0 Å². The van der Waals surface area contributed by atoms with Crippen LogP contribution in [0.2, 0.25) is 0 Å². The van der Waals surface area contributed by atoms with Crippen molar-refractivity contribution in [3.63, 3.8) is 0 Å². The van der Waals surface area contributed by atoms with Gasteiger partial charge in [-0.15, -0.1) is 24.9 Å². The van der Waals surface area contributed by atoms with Crippen LogP contribution in [0.25, 0.3) is 0 Å². The van der Waals surface area contributed by atoms with E-state index in [1.54, 1.807) is 38.6 Å². The fraction of sp³-hybridized carbons (Fsp3) is 0.500. The highest BCUT2D eigenvalue weighted by atomic mass is 32.2. The van der Waals surface area contributed by atoms with E-state index in [2.05, 4.69) is 33.9 Å². The predicted octanol–water partition coefficient (Wildman–Crippen LogP) is 5.78. The smallest absolute Gasteiger partial charge is 0.251 e. The zero-order valence-corrected chi connectivity index (χ0v) is 28.7. The van der Waals surface area contributed by atoms with E-state index in [0.29, 0.717) is 19.5 Å². The topological polar surface area (TPSA) is 81.2 Å². The second-order valence-electron chi connectivity index (χ2n) is 13.8. The first-order valence-electron chi connectivity index (χ1n) is 16.5. The number of likely N-dealkylation sites (tertiary alicyclic amines) is 1. The third kappa shape index (κ3) is 5.83. The Kier molecular flexibility index (Phi) is 10.2. The molecule has 8 heteroatoms. The fourth-order valence-electron chi connectivity index (χ4n) is 8.23. The van der Waals surface area contributed by atoms with Crippen molar-refractivity contribution in [2.45, 2.75) is 76.1 Å². The molecule has 3 aliphatic heterocycles. The van der Waals surface area contributed by atoms with Crippen LogP contribution in [-0.2, 0) is 20.9 Å². The van der Waals surface area contributed by atoms with Gasteiger partial charge in [-0.25, -0.2) is 0 Å². The molecule has 0 aliphatic carbocycles. The Morgan fingerprint density at radius 2 is 1.78 bits per heavy atom. The Bertz CT molecular complexity index is 1480. The number of nitrogens with zero attached hydrogens (tertiary/aromatic N) is 3. The first kappa shape index (κ1) is 34.0. The molecule has 7 nitrogen and oxygen atoms in total. The summed E-state index contributed by atoms with van der Waals surface area (Å²) in [6.07, 6.45) is 4.75. The summed E-state index contributed by atoms with van der Waals surface area (Å²) in [5.41, 5.74) is 3.79. The number of aliphatic hydroxyl groups excluding tert-OH is 1. The van der Waals surface area contributed by atoms with Gasteiger partial charge in [0.25, 0.3) is 5.91 Å². The molecule has 2 aromatic carbocycles. The van der Waals surface area contributed by atoms with Gasteiger partial charge in [0.05, 0.1) is 29.2 Å². The van der Waals surface area contributed by atoms with Gasteiger partial charge in [-0.3, -0.25) is 14.4 Å². The van der Waals surface area contributed by atoms with Gasteiger partial charge in [-0.1, -0.05) is 75.4 Å². The molecule has 0 radical (unpaired) electrons. The van der Waals surface area contributed by atoms with Crippen LogP contribution in [0, 0.1) is 37.5 Å². The Labute approximate surface area is 278 Å². The van der Waals surface area contributed by atoms with Crippen LogP contribution in [-0.4, -0.2) is 74.4 Å². The standard InChI is InChI=1S/C38H49N3O4S/c1-8-17-39(22-28-13-11-10-12-14-28)35(43)32-31-21-27(7)38(46-31)33(32)36(44)41(29(23-42)19-24(3)4)34(38)37(45)40(18-9-2)30-20-25(5)15-16-26(30)6/h8-16,20,24,27,29,31-34,42H,1-2,17-19,21-23H2,3-7H3/t27?,29-,31+,32-,33+,34?,38?/m1/s1. The normalized spacial score (nSPS) is 27.1. The molecule has 2 aromatic rings. The number of anilines is 1. The minimum absolute atomic E-state index is 0.0176. The number of hydrogen-bond acceptors (Lipinski definition) is 5. The fourth-order valence-corrected chi connectivity index (χ4v) is 10.6. The molecule has 2 bridgehead atoms. The average molecular weight is 644 g/mol. The minimum atomic E-state index is -0.828. The highest BCUT2D eigenvalue weighted by Crippen LogP contribution is 2.69. The molecule has 5 rings (SSSR count). The van der Waals surface area contributed by atoms with Gasteiger partial charge in [0.1, 0.15) is 6.04 Å². The summed E-state index contributed by atoms with van der Waals surface area (Å²) in [5, 5.41) is 10.7. The zero-order valence-electron chi connectivity index (χ0n) is 27.9. The number of aliphatic hydroxyl groups is 1. The number of rotatable bonds is 13. The molecule has 3 fully saturated rings. The van der Waals surface area contributed by atoms with E-state index in [1.807, 2.05) is 62.4 Å². The van der Waals surface area contributed by atoms with Gasteiger partial charge in [0, 0.05) is 30.6 Å². The summed E-state index contributed by atoms with van der Waals surface area (Å²) < 4.78 is -0.798. The monoisotopic (exact) mass is 643 g/mol. The number of thioether (sulfide) groups is 1. The lowest BCUT2D eigenvalue weighted by molar-refractivity contribution is -0.146. The van der Waals surface area contributed by atoms with Crippen molar-refractivity contribution in [2.75, 3.05) is 24.6 Å². The molecule has 7 atom stereocenters. The number of carbonyl (C=O) groups is 3. The first-order chi connectivity index (χ1) is 22.0. The average Bonchev–Trinajstić information content (AvgIpc) is 3.63. The molecule has 3 heterocycles. The molecule has 3 aliphatic rings. The molecule has 246 valence electrons. The lowest BCUT2D eigenvalue weighted by Gasteiger charge is -2.42. The summed E-state index contributed by atoms with van der Waals surface area (Å²) in [5.74, 6) is -1.45. The van der Waals surface area contributed by atoms with Gasteiger partial charge in [0.15, 0.2) is 0 Å². The van der Waals surface area contributed by atoms with Crippen LogP contribution >= 0.6 is 11.8 Å². The second kappa shape index (κ2) is 13.8. The molecule has 3 unspecified atom stereocenters. The summed E-state index contributed by atoms with van der Waals surface area (Å²) in [4.78, 5) is 50.0. The zero-order chi connectivity index (χ0) is 33.3. The molecule has 1 spiro atoms. The van der Waals surface area contributed by atoms with Crippen LogP contribution < -0.4 is 4.90 Å². The van der Waals surface area contributed by atoms with Crippen LogP contribution in [0.15, 0.2) is 73.8 Å². The Balaban J connectivity index is 1.62. The maximum absolute atomic E-state index is 15.2. The number of benzene rings is 2. The molecule has 3 saturated heterocycles. The van der Waals surface area contributed by atoms with E-state index in [4.69, 9.17) is 0 Å². The molecule has 0 aromatic heterocycles. The third-order valence-corrected chi connectivity index (χ3v) is 12.2. The molecule has 3 amide bonds. The summed E-state index contributed by atoms with van der Waals surface area (Å²) in [6.45, 7) is 18.9. The van der Waals surface area contributed by atoms with Gasteiger partial charge >= 0.3 is 0 Å².